The fourth-order valence-electron chi connectivity index (χ4n) is 1.27. The van der Waals surface area contributed by atoms with E-state index in [2.05, 4.69) is 20.8 Å². The average Bonchev–Trinajstić information content (AvgIpc) is 2.09. The minimum atomic E-state index is -0.0811. The van der Waals surface area contributed by atoms with E-state index in [4.69, 9.17) is 4.74 Å². The molecule has 0 rings (SSSR count). The van der Waals surface area contributed by atoms with Crippen molar-refractivity contribution in [3.8, 4) is 0 Å². The largest absolute Gasteiger partial charge is 0.465 e. The molecule has 0 amide bonds. The third-order valence-corrected chi connectivity index (χ3v) is 2.00. The van der Waals surface area contributed by atoms with E-state index < -0.39 is 0 Å². The van der Waals surface area contributed by atoms with Crippen LogP contribution in [0.1, 0.15) is 40.5 Å². The van der Waals surface area contributed by atoms with Gasteiger partial charge in [-0.3, -0.25) is 4.79 Å². The lowest BCUT2D eigenvalue weighted by atomic mass is 9.95. The average molecular weight is 199 g/mol. The van der Waals surface area contributed by atoms with Gasteiger partial charge < -0.3 is 4.74 Å². The molecule has 0 spiro atoms. The van der Waals surface area contributed by atoms with Gasteiger partial charge in [-0.1, -0.05) is 34.6 Å². The molecule has 0 aromatic heterocycles. The number of carbonyl (C=O) groups excluding carboxylic acids is 1. The number of hydrogen-bond acceptors (Lipinski definition) is 2. The molecule has 14 heavy (non-hydrogen) atoms. The Balaban J connectivity index is 3.92. The van der Waals surface area contributed by atoms with Crippen molar-refractivity contribution >= 4 is 5.97 Å². The van der Waals surface area contributed by atoms with Gasteiger partial charge in [0, 0.05) is 0 Å². The summed E-state index contributed by atoms with van der Waals surface area (Å²) in [5, 5.41) is 0. The summed E-state index contributed by atoms with van der Waals surface area (Å²) in [6.07, 6.45) is 1.51. The van der Waals surface area contributed by atoms with Gasteiger partial charge >= 0.3 is 5.97 Å². The summed E-state index contributed by atoms with van der Waals surface area (Å²) in [6, 6.07) is 0. The summed E-state index contributed by atoms with van der Waals surface area (Å²) in [6.45, 7) is 12.6. The van der Waals surface area contributed by atoms with Gasteiger partial charge in [0.15, 0.2) is 0 Å². The maximum atomic E-state index is 11.6. The van der Waals surface area contributed by atoms with Crippen LogP contribution in [0.15, 0.2) is 0 Å². The molecule has 0 fully saturated rings. The number of esters is 1. The molecule has 0 aliphatic carbocycles. The van der Waals surface area contributed by atoms with Gasteiger partial charge in [0.1, 0.15) is 0 Å². The zero-order valence-corrected chi connectivity index (χ0v) is 9.88. The van der Waals surface area contributed by atoms with Crippen LogP contribution in [0.25, 0.3) is 0 Å². The zero-order valence-electron chi connectivity index (χ0n) is 9.88. The Kier molecular flexibility index (Phi) is 6.60. The van der Waals surface area contributed by atoms with Crippen molar-refractivity contribution in [1.29, 1.82) is 0 Å². The maximum Gasteiger partial charge on any atom is 0.308 e. The van der Waals surface area contributed by atoms with Gasteiger partial charge in [0.25, 0.3) is 0 Å². The van der Waals surface area contributed by atoms with E-state index in [-0.39, 0.29) is 11.9 Å². The monoisotopic (exact) mass is 199 g/mol. The summed E-state index contributed by atoms with van der Waals surface area (Å²) < 4.78 is 5.18. The van der Waals surface area contributed by atoms with Crippen LogP contribution in [0.4, 0.5) is 0 Å². The summed E-state index contributed by atoms with van der Waals surface area (Å²) in [5.74, 6) is 0.827. The first-order valence-corrected chi connectivity index (χ1v) is 5.43. The fraction of sp³-hybridized carbons (Fsp3) is 0.833. The van der Waals surface area contributed by atoms with Crippen LogP contribution in [0.5, 0.6) is 0 Å². The maximum absolute atomic E-state index is 11.6. The predicted molar refractivity (Wildman–Crippen MR) is 58.7 cm³/mol. The third kappa shape index (κ3) is 6.01. The van der Waals surface area contributed by atoms with Gasteiger partial charge in [-0.25, -0.2) is 0 Å². The molecule has 0 aromatic rings. The summed E-state index contributed by atoms with van der Waals surface area (Å²) in [4.78, 5) is 11.6. The lowest BCUT2D eigenvalue weighted by molar-refractivity contribution is -0.150. The van der Waals surface area contributed by atoms with Gasteiger partial charge in [0.2, 0.25) is 0 Å². The van der Waals surface area contributed by atoms with Crippen molar-refractivity contribution in [3.63, 3.8) is 0 Å². The van der Waals surface area contributed by atoms with Crippen molar-refractivity contribution in [3.05, 3.63) is 6.92 Å². The highest BCUT2D eigenvalue weighted by molar-refractivity contribution is 5.72. The van der Waals surface area contributed by atoms with Crippen LogP contribution >= 0.6 is 0 Å². The van der Waals surface area contributed by atoms with Gasteiger partial charge in [-0.15, -0.1) is 0 Å². The molecular formula is C12H23O2. The molecule has 2 heteroatoms. The molecule has 0 heterocycles. The van der Waals surface area contributed by atoms with E-state index in [1.54, 1.807) is 0 Å². The molecular weight excluding hydrogens is 176 g/mol. The lowest BCUT2D eigenvalue weighted by Crippen LogP contribution is -2.20. The minimum Gasteiger partial charge on any atom is -0.465 e. The van der Waals surface area contributed by atoms with E-state index in [9.17, 15) is 4.79 Å². The van der Waals surface area contributed by atoms with Crippen LogP contribution in [0.3, 0.4) is 0 Å². The fourth-order valence-corrected chi connectivity index (χ4v) is 1.27. The van der Waals surface area contributed by atoms with Gasteiger partial charge in [0.05, 0.1) is 12.5 Å². The van der Waals surface area contributed by atoms with Gasteiger partial charge in [-0.05, 0) is 24.7 Å². The Morgan fingerprint density at radius 3 is 2.14 bits per heavy atom. The predicted octanol–water partition coefficient (Wildman–Crippen LogP) is 3.07. The van der Waals surface area contributed by atoms with E-state index in [0.717, 1.165) is 6.42 Å². The lowest BCUT2D eigenvalue weighted by Gasteiger charge is -2.16. The smallest absolute Gasteiger partial charge is 0.308 e. The summed E-state index contributed by atoms with van der Waals surface area (Å²) in [5.41, 5.74) is 0. The second-order valence-corrected chi connectivity index (χ2v) is 4.64. The molecule has 0 bridgehead atoms. The number of carbonyl (C=O) groups is 1. The first-order chi connectivity index (χ1) is 6.47. The van der Waals surface area contributed by atoms with Crippen molar-refractivity contribution < 1.29 is 9.53 Å². The van der Waals surface area contributed by atoms with Crippen molar-refractivity contribution in [1.82, 2.24) is 0 Å². The second-order valence-electron chi connectivity index (χ2n) is 4.64. The molecule has 83 valence electrons. The van der Waals surface area contributed by atoms with Crippen LogP contribution in [-0.2, 0) is 9.53 Å². The van der Waals surface area contributed by atoms with E-state index in [0.29, 0.717) is 24.9 Å². The minimum absolute atomic E-state index is 0.0197. The molecule has 1 radical (unpaired) electrons. The Morgan fingerprint density at radius 1 is 1.21 bits per heavy atom. The second kappa shape index (κ2) is 6.86. The number of ether oxygens (including phenoxy) is 1. The molecule has 2 nitrogen and oxygen atoms in total. The molecule has 0 aliphatic heterocycles. The highest BCUT2D eigenvalue weighted by atomic mass is 16.5. The molecule has 1 atom stereocenters. The molecule has 0 N–H and O–H groups in total. The molecule has 0 aliphatic rings. The Hall–Kier alpha value is -0.530. The van der Waals surface area contributed by atoms with E-state index >= 15 is 0 Å². The van der Waals surface area contributed by atoms with Crippen LogP contribution in [-0.4, -0.2) is 12.6 Å². The summed E-state index contributed by atoms with van der Waals surface area (Å²) in [7, 11) is 0. The SMILES string of the molecule is [CH2]CC(CC(C)C)C(=O)OCC(C)C. The van der Waals surface area contributed by atoms with E-state index in [1.807, 2.05) is 13.8 Å². The first-order valence-electron chi connectivity index (χ1n) is 5.43. The van der Waals surface area contributed by atoms with Crippen molar-refractivity contribution in [2.24, 2.45) is 17.8 Å². The highest BCUT2D eigenvalue weighted by Crippen LogP contribution is 2.16. The Labute approximate surface area is 88.0 Å². The Bertz CT molecular complexity index is 162. The molecule has 0 saturated carbocycles. The molecule has 0 aromatic carbocycles. The van der Waals surface area contributed by atoms with E-state index in [1.165, 1.54) is 0 Å². The quantitative estimate of drug-likeness (QED) is 0.614. The normalized spacial score (nSPS) is 13.4. The van der Waals surface area contributed by atoms with Crippen LogP contribution < -0.4 is 0 Å². The first kappa shape index (κ1) is 13.5. The number of rotatable bonds is 6. The van der Waals surface area contributed by atoms with Crippen molar-refractivity contribution in [2.45, 2.75) is 40.5 Å². The zero-order chi connectivity index (χ0) is 11.1. The highest BCUT2D eigenvalue weighted by Gasteiger charge is 2.19. The topological polar surface area (TPSA) is 26.3 Å². The standard InChI is InChI=1S/C12H23O2/c1-6-11(7-9(2)3)12(13)14-8-10(4)5/h9-11H,1,6-8H2,2-5H3. The van der Waals surface area contributed by atoms with Crippen LogP contribution in [0.2, 0.25) is 0 Å². The van der Waals surface area contributed by atoms with Gasteiger partial charge in [-0.2, -0.15) is 0 Å². The third-order valence-electron chi connectivity index (χ3n) is 2.00. The summed E-state index contributed by atoms with van der Waals surface area (Å²) >= 11 is 0. The molecule has 1 unspecified atom stereocenters. The number of hydrogen-bond donors (Lipinski definition) is 0. The molecule has 0 saturated heterocycles. The van der Waals surface area contributed by atoms with Crippen LogP contribution in [0, 0.1) is 24.7 Å². The van der Waals surface area contributed by atoms with Crippen molar-refractivity contribution in [2.75, 3.05) is 6.61 Å². The Morgan fingerprint density at radius 2 is 1.79 bits per heavy atom.